The molecule has 0 bridgehead atoms. The summed E-state index contributed by atoms with van der Waals surface area (Å²) in [5.41, 5.74) is 8.92. The number of nitrogens with two attached hydrogens (primary N) is 1. The van der Waals surface area contributed by atoms with E-state index in [2.05, 4.69) is 10.3 Å². The van der Waals surface area contributed by atoms with Crippen molar-refractivity contribution in [2.75, 3.05) is 19.7 Å². The van der Waals surface area contributed by atoms with Crippen LogP contribution in [-0.4, -0.2) is 30.5 Å². The molecule has 96 valence electrons. The maximum Gasteiger partial charge on any atom is 0.0828 e. The van der Waals surface area contributed by atoms with Crippen molar-refractivity contribution < 1.29 is 5.11 Å². The molecule has 1 aromatic carbocycles. The predicted octanol–water partition coefficient (Wildman–Crippen LogP) is 1.61. The standard InChI is InChI=1S/C13H16ClN3O/c14-9-2-1-3-10(6-9)17-13-7-16-5-4-11(13)12(15)8-18/h1-3,6,16,18H,4-5,7-8,15H2/b12-11-,17-13?. The van der Waals surface area contributed by atoms with Crippen molar-refractivity contribution in [3.05, 3.63) is 40.6 Å². The van der Waals surface area contributed by atoms with Crippen LogP contribution < -0.4 is 11.1 Å². The molecule has 1 fully saturated rings. The number of nitrogens with zero attached hydrogens (tertiary/aromatic N) is 1. The Hall–Kier alpha value is -1.36. The van der Waals surface area contributed by atoms with Gasteiger partial charge in [0.15, 0.2) is 0 Å². The first kappa shape index (κ1) is 13.1. The van der Waals surface area contributed by atoms with Gasteiger partial charge in [-0.25, -0.2) is 0 Å². The van der Waals surface area contributed by atoms with Gasteiger partial charge in [0.05, 0.1) is 18.0 Å². The molecule has 2 rings (SSSR count). The van der Waals surface area contributed by atoms with Crippen LogP contribution in [0.2, 0.25) is 5.02 Å². The molecule has 1 heterocycles. The number of hydrogen-bond acceptors (Lipinski definition) is 4. The molecule has 1 aliphatic heterocycles. The molecule has 0 radical (unpaired) electrons. The second-order valence-corrected chi connectivity index (χ2v) is 4.56. The zero-order chi connectivity index (χ0) is 13.0. The Morgan fingerprint density at radius 3 is 3.06 bits per heavy atom. The fourth-order valence-corrected chi connectivity index (χ4v) is 2.11. The van der Waals surface area contributed by atoms with Gasteiger partial charge in [-0.05, 0) is 36.7 Å². The molecule has 0 amide bonds. The number of hydrogen-bond donors (Lipinski definition) is 3. The van der Waals surface area contributed by atoms with E-state index in [0.717, 1.165) is 29.9 Å². The van der Waals surface area contributed by atoms with Gasteiger partial charge in [0, 0.05) is 17.3 Å². The molecule has 1 saturated heterocycles. The smallest absolute Gasteiger partial charge is 0.0828 e. The van der Waals surface area contributed by atoms with Crippen molar-refractivity contribution in [2.45, 2.75) is 6.42 Å². The molecule has 1 aromatic rings. The summed E-state index contributed by atoms with van der Waals surface area (Å²) < 4.78 is 0. The number of aliphatic imine (C=N–C) groups is 1. The largest absolute Gasteiger partial charge is 0.400 e. The molecule has 0 saturated carbocycles. The molecule has 0 aromatic heterocycles. The zero-order valence-corrected chi connectivity index (χ0v) is 10.7. The predicted molar refractivity (Wildman–Crippen MR) is 74.3 cm³/mol. The quantitative estimate of drug-likeness (QED) is 0.761. The lowest BCUT2D eigenvalue weighted by atomic mass is 10.0. The Bertz CT molecular complexity index is 497. The van der Waals surface area contributed by atoms with E-state index in [1.807, 2.05) is 18.2 Å². The third kappa shape index (κ3) is 3.10. The Morgan fingerprint density at radius 2 is 2.33 bits per heavy atom. The zero-order valence-electron chi connectivity index (χ0n) is 9.99. The Labute approximate surface area is 111 Å². The maximum atomic E-state index is 9.14. The van der Waals surface area contributed by atoms with Crippen LogP contribution >= 0.6 is 11.6 Å². The van der Waals surface area contributed by atoms with Crippen LogP contribution in [0.15, 0.2) is 40.5 Å². The number of nitrogens with one attached hydrogen (secondary N) is 1. The van der Waals surface area contributed by atoms with Crippen LogP contribution in [0.4, 0.5) is 5.69 Å². The molecule has 1 aliphatic rings. The van der Waals surface area contributed by atoms with E-state index in [-0.39, 0.29) is 6.61 Å². The van der Waals surface area contributed by atoms with Crippen molar-refractivity contribution in [3.8, 4) is 0 Å². The van der Waals surface area contributed by atoms with E-state index >= 15 is 0 Å². The normalized spacial score (nSPS) is 21.1. The van der Waals surface area contributed by atoms with Crippen molar-refractivity contribution in [1.82, 2.24) is 5.32 Å². The van der Waals surface area contributed by atoms with Crippen molar-refractivity contribution in [2.24, 2.45) is 10.7 Å². The van der Waals surface area contributed by atoms with Crippen LogP contribution in [0, 0.1) is 0 Å². The number of aliphatic hydroxyl groups is 1. The SMILES string of the molecule is N/C(CO)=C1/CCNCC1=Nc1cccc(Cl)c1. The number of aliphatic hydroxyl groups excluding tert-OH is 1. The Morgan fingerprint density at radius 1 is 1.50 bits per heavy atom. The average molecular weight is 266 g/mol. The summed E-state index contributed by atoms with van der Waals surface area (Å²) >= 11 is 5.93. The molecule has 0 unspecified atom stereocenters. The fourth-order valence-electron chi connectivity index (χ4n) is 1.92. The van der Waals surface area contributed by atoms with Crippen LogP contribution in [-0.2, 0) is 0 Å². The third-order valence-electron chi connectivity index (χ3n) is 2.82. The third-order valence-corrected chi connectivity index (χ3v) is 3.06. The van der Waals surface area contributed by atoms with Gasteiger partial charge >= 0.3 is 0 Å². The number of halogens is 1. The summed E-state index contributed by atoms with van der Waals surface area (Å²) in [6.45, 7) is 1.37. The number of rotatable bonds is 2. The van der Waals surface area contributed by atoms with Gasteiger partial charge in [0.2, 0.25) is 0 Å². The lowest BCUT2D eigenvalue weighted by Crippen LogP contribution is -2.34. The minimum atomic E-state index is -0.135. The first-order valence-electron chi connectivity index (χ1n) is 5.83. The molecule has 18 heavy (non-hydrogen) atoms. The van der Waals surface area contributed by atoms with Crippen LogP contribution in [0.25, 0.3) is 0 Å². The van der Waals surface area contributed by atoms with Gasteiger partial charge in [-0.2, -0.15) is 0 Å². The summed E-state index contributed by atoms with van der Waals surface area (Å²) in [4.78, 5) is 4.55. The van der Waals surface area contributed by atoms with E-state index < -0.39 is 0 Å². The minimum absolute atomic E-state index is 0.135. The number of piperidine rings is 1. The monoisotopic (exact) mass is 265 g/mol. The summed E-state index contributed by atoms with van der Waals surface area (Å²) in [5.74, 6) is 0. The van der Waals surface area contributed by atoms with E-state index in [1.54, 1.807) is 6.07 Å². The topological polar surface area (TPSA) is 70.6 Å². The Kier molecular flexibility index (Phi) is 4.36. The summed E-state index contributed by atoms with van der Waals surface area (Å²) in [6, 6.07) is 7.36. The maximum absolute atomic E-state index is 9.14. The number of benzene rings is 1. The van der Waals surface area contributed by atoms with Crippen molar-refractivity contribution in [1.29, 1.82) is 0 Å². The van der Waals surface area contributed by atoms with E-state index in [4.69, 9.17) is 22.4 Å². The summed E-state index contributed by atoms with van der Waals surface area (Å²) in [6.07, 6.45) is 0.784. The molecular weight excluding hydrogens is 250 g/mol. The van der Waals surface area contributed by atoms with Gasteiger partial charge in [-0.3, -0.25) is 4.99 Å². The molecule has 5 heteroatoms. The second kappa shape index (κ2) is 6.00. The lowest BCUT2D eigenvalue weighted by molar-refractivity contribution is 0.328. The highest BCUT2D eigenvalue weighted by atomic mass is 35.5. The van der Waals surface area contributed by atoms with E-state index in [9.17, 15) is 0 Å². The molecule has 4 nitrogen and oxygen atoms in total. The Balaban J connectivity index is 2.35. The molecule has 0 aliphatic carbocycles. The molecular formula is C13H16ClN3O. The fraction of sp³-hybridized carbons (Fsp3) is 0.308. The highest BCUT2D eigenvalue weighted by Gasteiger charge is 2.15. The van der Waals surface area contributed by atoms with Crippen molar-refractivity contribution >= 4 is 23.0 Å². The molecule has 0 spiro atoms. The van der Waals surface area contributed by atoms with Gasteiger partial charge in [0.25, 0.3) is 0 Å². The first-order valence-corrected chi connectivity index (χ1v) is 6.21. The minimum Gasteiger partial charge on any atom is -0.400 e. The highest BCUT2D eigenvalue weighted by molar-refractivity contribution is 6.30. The summed E-state index contributed by atoms with van der Waals surface area (Å²) in [7, 11) is 0. The van der Waals surface area contributed by atoms with Gasteiger partial charge in [0.1, 0.15) is 0 Å². The van der Waals surface area contributed by atoms with Crippen LogP contribution in [0.5, 0.6) is 0 Å². The van der Waals surface area contributed by atoms with Crippen LogP contribution in [0.1, 0.15) is 6.42 Å². The molecule has 0 atom stereocenters. The van der Waals surface area contributed by atoms with Crippen molar-refractivity contribution in [3.63, 3.8) is 0 Å². The van der Waals surface area contributed by atoms with Gasteiger partial charge < -0.3 is 16.2 Å². The highest BCUT2D eigenvalue weighted by Crippen LogP contribution is 2.21. The average Bonchev–Trinajstić information content (AvgIpc) is 2.38. The van der Waals surface area contributed by atoms with Gasteiger partial charge in [-0.1, -0.05) is 17.7 Å². The molecule has 4 N–H and O–H groups in total. The second-order valence-electron chi connectivity index (χ2n) is 4.13. The van der Waals surface area contributed by atoms with Crippen LogP contribution in [0.3, 0.4) is 0 Å². The van der Waals surface area contributed by atoms with Gasteiger partial charge in [-0.15, -0.1) is 0 Å². The summed E-state index contributed by atoms with van der Waals surface area (Å²) in [5, 5.41) is 13.0. The lowest BCUT2D eigenvalue weighted by Gasteiger charge is -2.20. The van der Waals surface area contributed by atoms with E-state index in [1.165, 1.54) is 0 Å². The van der Waals surface area contributed by atoms with E-state index in [0.29, 0.717) is 17.3 Å². The first-order chi connectivity index (χ1) is 8.70.